The van der Waals surface area contributed by atoms with Gasteiger partial charge in [0.15, 0.2) is 0 Å². The van der Waals surface area contributed by atoms with Gasteiger partial charge in [-0.2, -0.15) is 0 Å². The maximum absolute atomic E-state index is 13.0. The predicted octanol–water partition coefficient (Wildman–Crippen LogP) is 4.48. The molecule has 1 aromatic carbocycles. The van der Waals surface area contributed by atoms with Crippen LogP contribution in [0.4, 0.5) is 5.69 Å². The van der Waals surface area contributed by atoms with Gasteiger partial charge in [-0.1, -0.05) is 31.5 Å². The second kappa shape index (κ2) is 7.29. The molecule has 0 radical (unpaired) electrons. The van der Waals surface area contributed by atoms with Crippen LogP contribution in [0.5, 0.6) is 0 Å². The highest BCUT2D eigenvalue weighted by atomic mass is 35.5. The highest BCUT2D eigenvalue weighted by Gasteiger charge is 2.27. The van der Waals surface area contributed by atoms with Crippen LogP contribution >= 0.6 is 22.9 Å². The predicted molar refractivity (Wildman–Crippen MR) is 89.8 cm³/mol. The van der Waals surface area contributed by atoms with Crippen molar-refractivity contribution in [3.8, 4) is 0 Å². The number of unbranched alkanes of at least 4 members (excludes halogenated alkanes) is 1. The van der Waals surface area contributed by atoms with Crippen LogP contribution in [0, 0.1) is 0 Å². The Bertz CT molecular complexity index is 668. The summed E-state index contributed by atoms with van der Waals surface area (Å²) in [7, 11) is -3.57. The zero-order valence-electron chi connectivity index (χ0n) is 11.8. The molecule has 21 heavy (non-hydrogen) atoms. The van der Waals surface area contributed by atoms with E-state index in [9.17, 15) is 8.42 Å². The van der Waals surface area contributed by atoms with E-state index in [2.05, 4.69) is 0 Å². The third-order valence-corrected chi connectivity index (χ3v) is 6.54. The van der Waals surface area contributed by atoms with Crippen molar-refractivity contribution >= 4 is 38.6 Å². The van der Waals surface area contributed by atoms with Gasteiger partial charge in [0, 0.05) is 11.4 Å². The lowest BCUT2D eigenvalue weighted by molar-refractivity contribution is 0.588. The van der Waals surface area contributed by atoms with Crippen LogP contribution in [-0.4, -0.2) is 15.0 Å². The molecule has 0 aliphatic rings. The Morgan fingerprint density at radius 1 is 1.19 bits per heavy atom. The molecule has 0 atom stereocenters. The number of hydrogen-bond acceptors (Lipinski definition) is 3. The topological polar surface area (TPSA) is 37.4 Å². The minimum atomic E-state index is -3.57. The Hall–Kier alpha value is -1.04. The van der Waals surface area contributed by atoms with Gasteiger partial charge in [0.05, 0.1) is 11.6 Å². The normalized spacial score (nSPS) is 11.5. The van der Waals surface area contributed by atoms with Gasteiger partial charge in [-0.25, -0.2) is 8.42 Å². The fourth-order valence-corrected chi connectivity index (χ4v) is 5.24. The standard InChI is InChI=1S/C15H18ClNO2S2/c1-2-3-10-17(13-7-5-4-6-8-13)21(18,19)15-9-11-20-14(15)12-16/h4-9,11H,2-3,10,12H2,1H3. The lowest BCUT2D eigenvalue weighted by Crippen LogP contribution is -2.32. The molecule has 0 saturated carbocycles. The van der Waals surface area contributed by atoms with Crippen molar-refractivity contribution in [3.63, 3.8) is 0 Å². The lowest BCUT2D eigenvalue weighted by atomic mass is 10.3. The van der Waals surface area contributed by atoms with Gasteiger partial charge in [-0.15, -0.1) is 22.9 Å². The van der Waals surface area contributed by atoms with E-state index in [1.54, 1.807) is 11.4 Å². The van der Waals surface area contributed by atoms with Crippen LogP contribution in [0.3, 0.4) is 0 Å². The molecular weight excluding hydrogens is 326 g/mol. The van der Waals surface area contributed by atoms with Crippen molar-refractivity contribution in [2.75, 3.05) is 10.8 Å². The van der Waals surface area contributed by atoms with E-state index >= 15 is 0 Å². The minimum absolute atomic E-state index is 0.211. The van der Waals surface area contributed by atoms with Crippen LogP contribution < -0.4 is 4.31 Å². The number of sulfonamides is 1. The molecule has 0 aliphatic carbocycles. The van der Waals surface area contributed by atoms with Gasteiger partial charge in [0.2, 0.25) is 0 Å². The Morgan fingerprint density at radius 3 is 2.52 bits per heavy atom. The summed E-state index contributed by atoms with van der Waals surface area (Å²) >= 11 is 7.24. The molecule has 2 aromatic rings. The molecule has 0 amide bonds. The molecule has 0 N–H and O–H groups in total. The molecule has 3 nitrogen and oxygen atoms in total. The van der Waals surface area contributed by atoms with Gasteiger partial charge in [-0.05, 0) is 30.0 Å². The molecule has 2 rings (SSSR count). The lowest BCUT2D eigenvalue weighted by Gasteiger charge is -2.24. The summed E-state index contributed by atoms with van der Waals surface area (Å²) in [5, 5.41) is 1.77. The summed E-state index contributed by atoms with van der Waals surface area (Å²) in [5.41, 5.74) is 0.692. The number of alkyl halides is 1. The highest BCUT2D eigenvalue weighted by Crippen LogP contribution is 2.30. The minimum Gasteiger partial charge on any atom is -0.266 e. The van der Waals surface area contributed by atoms with Crippen LogP contribution in [-0.2, 0) is 15.9 Å². The van der Waals surface area contributed by atoms with Crippen molar-refractivity contribution in [2.24, 2.45) is 0 Å². The summed E-state index contributed by atoms with van der Waals surface area (Å²) < 4.78 is 27.4. The van der Waals surface area contributed by atoms with Crippen LogP contribution in [0.15, 0.2) is 46.7 Å². The molecule has 0 unspecified atom stereocenters. The Kier molecular flexibility index (Phi) is 5.67. The van der Waals surface area contributed by atoms with Crippen molar-refractivity contribution < 1.29 is 8.42 Å². The quantitative estimate of drug-likeness (QED) is 0.695. The number of hydrogen-bond donors (Lipinski definition) is 0. The summed E-state index contributed by atoms with van der Waals surface area (Å²) in [6, 6.07) is 10.8. The van der Waals surface area contributed by atoms with E-state index in [0.717, 1.165) is 12.8 Å². The van der Waals surface area contributed by atoms with E-state index in [0.29, 0.717) is 22.0 Å². The molecular formula is C15H18ClNO2S2. The van der Waals surface area contributed by atoms with Crippen LogP contribution in [0.25, 0.3) is 0 Å². The van der Waals surface area contributed by atoms with Gasteiger partial charge < -0.3 is 0 Å². The Morgan fingerprint density at radius 2 is 1.90 bits per heavy atom. The summed E-state index contributed by atoms with van der Waals surface area (Å²) in [4.78, 5) is 1.01. The molecule has 0 saturated heterocycles. The van der Waals surface area contributed by atoms with Gasteiger partial charge in [0.1, 0.15) is 4.90 Å². The number of rotatable bonds is 7. The highest BCUT2D eigenvalue weighted by molar-refractivity contribution is 7.93. The number of para-hydroxylation sites is 1. The van der Waals surface area contributed by atoms with Gasteiger partial charge >= 0.3 is 0 Å². The summed E-state index contributed by atoms with van der Waals surface area (Å²) in [6.45, 7) is 2.52. The van der Waals surface area contributed by atoms with E-state index in [-0.39, 0.29) is 5.88 Å². The van der Waals surface area contributed by atoms with Crippen LogP contribution in [0.1, 0.15) is 24.6 Å². The first-order chi connectivity index (χ1) is 10.1. The largest absolute Gasteiger partial charge is 0.266 e. The van der Waals surface area contributed by atoms with E-state index in [1.807, 2.05) is 37.3 Å². The third-order valence-electron chi connectivity index (χ3n) is 3.15. The first kappa shape index (κ1) is 16.3. The zero-order chi connectivity index (χ0) is 15.3. The average Bonchev–Trinajstić information content (AvgIpc) is 2.98. The second-order valence-corrected chi connectivity index (χ2v) is 7.71. The van der Waals surface area contributed by atoms with Crippen LogP contribution in [0.2, 0.25) is 0 Å². The van der Waals surface area contributed by atoms with Crippen molar-refractivity contribution in [1.29, 1.82) is 0 Å². The first-order valence-corrected chi connectivity index (χ1v) is 9.66. The van der Waals surface area contributed by atoms with E-state index in [1.165, 1.54) is 15.6 Å². The molecule has 1 aromatic heterocycles. The maximum Gasteiger partial charge on any atom is 0.265 e. The van der Waals surface area contributed by atoms with Crippen molar-refractivity contribution in [3.05, 3.63) is 46.7 Å². The molecule has 0 spiro atoms. The van der Waals surface area contributed by atoms with E-state index in [4.69, 9.17) is 11.6 Å². The van der Waals surface area contributed by atoms with Gasteiger partial charge in [0.25, 0.3) is 10.0 Å². The molecule has 1 heterocycles. The van der Waals surface area contributed by atoms with E-state index < -0.39 is 10.0 Å². The fraction of sp³-hybridized carbons (Fsp3) is 0.333. The molecule has 114 valence electrons. The van der Waals surface area contributed by atoms with Crippen molar-refractivity contribution in [2.45, 2.75) is 30.5 Å². The first-order valence-electron chi connectivity index (χ1n) is 6.81. The third kappa shape index (κ3) is 3.59. The smallest absolute Gasteiger partial charge is 0.265 e. The SMILES string of the molecule is CCCCN(c1ccccc1)S(=O)(=O)c1ccsc1CCl. The number of halogens is 1. The molecule has 0 fully saturated rings. The summed E-state index contributed by atoms with van der Waals surface area (Å²) in [5.74, 6) is 0.211. The number of nitrogens with zero attached hydrogens (tertiary/aromatic N) is 1. The number of thiophene rings is 1. The molecule has 0 aliphatic heterocycles. The second-order valence-electron chi connectivity index (χ2n) is 4.61. The number of benzene rings is 1. The fourth-order valence-electron chi connectivity index (χ4n) is 2.06. The Balaban J connectivity index is 2.45. The average molecular weight is 344 g/mol. The van der Waals surface area contributed by atoms with Crippen molar-refractivity contribution in [1.82, 2.24) is 0 Å². The number of anilines is 1. The van der Waals surface area contributed by atoms with Gasteiger partial charge in [-0.3, -0.25) is 4.31 Å². The molecule has 6 heteroatoms. The zero-order valence-corrected chi connectivity index (χ0v) is 14.2. The summed E-state index contributed by atoms with van der Waals surface area (Å²) in [6.07, 6.45) is 1.75. The Labute approximate surface area is 135 Å². The monoisotopic (exact) mass is 343 g/mol. The maximum atomic E-state index is 13.0. The molecule has 0 bridgehead atoms.